The number of nitrogens with two attached hydrogens (primary N) is 1. The van der Waals surface area contributed by atoms with E-state index < -0.39 is 24.5 Å². The zero-order valence-corrected chi connectivity index (χ0v) is 10.0. The third-order valence-electron chi connectivity index (χ3n) is 2.16. The minimum Gasteiger partial charge on any atom is -0.456 e. The van der Waals surface area contributed by atoms with Crippen LogP contribution in [0.2, 0.25) is 0 Å². The van der Waals surface area contributed by atoms with E-state index in [2.05, 4.69) is 4.74 Å². The molecule has 0 bridgehead atoms. The topological polar surface area (TPSA) is 98.5 Å². The molecule has 7 heteroatoms. The number of benzene rings is 1. The number of rotatable bonds is 5. The van der Waals surface area contributed by atoms with Gasteiger partial charge in [0.2, 0.25) is 0 Å². The van der Waals surface area contributed by atoms with Crippen molar-refractivity contribution < 1.29 is 23.5 Å². The van der Waals surface area contributed by atoms with Gasteiger partial charge in [0, 0.05) is 6.42 Å². The fraction of sp³-hybridized carbons (Fsp3) is 0.250. The summed E-state index contributed by atoms with van der Waals surface area (Å²) in [4.78, 5) is 32.5. The molecule has 6 nitrogen and oxygen atoms in total. The molecule has 0 aromatic heterocycles. The van der Waals surface area contributed by atoms with Crippen molar-refractivity contribution in [2.75, 3.05) is 6.61 Å². The van der Waals surface area contributed by atoms with Gasteiger partial charge in [-0.3, -0.25) is 14.9 Å². The van der Waals surface area contributed by atoms with Gasteiger partial charge in [0.1, 0.15) is 5.82 Å². The van der Waals surface area contributed by atoms with Crippen LogP contribution < -0.4 is 11.1 Å². The number of amides is 3. The Hall–Kier alpha value is -2.44. The number of aryl methyl sites for hydroxylation is 1. The Morgan fingerprint density at radius 3 is 2.42 bits per heavy atom. The van der Waals surface area contributed by atoms with Crippen molar-refractivity contribution in [1.29, 1.82) is 0 Å². The molecule has 0 heterocycles. The van der Waals surface area contributed by atoms with Gasteiger partial charge in [0.05, 0.1) is 0 Å². The van der Waals surface area contributed by atoms with Gasteiger partial charge in [-0.2, -0.15) is 0 Å². The van der Waals surface area contributed by atoms with Crippen LogP contribution in [0.3, 0.4) is 0 Å². The molecule has 0 aliphatic rings. The predicted octanol–water partition coefficient (Wildman–Crippen LogP) is 0.496. The average Bonchev–Trinajstić information content (AvgIpc) is 2.35. The molecule has 3 N–H and O–H groups in total. The second-order valence-corrected chi connectivity index (χ2v) is 3.70. The van der Waals surface area contributed by atoms with Crippen LogP contribution in [0.5, 0.6) is 0 Å². The molecule has 0 aliphatic carbocycles. The fourth-order valence-corrected chi connectivity index (χ4v) is 1.29. The highest BCUT2D eigenvalue weighted by molar-refractivity contribution is 5.94. The molecule has 0 saturated heterocycles. The summed E-state index contributed by atoms with van der Waals surface area (Å²) in [6.07, 6.45) is 0.423. The minimum absolute atomic E-state index is 0.0511. The lowest BCUT2D eigenvalue weighted by Gasteiger charge is -2.04. The molecule has 0 radical (unpaired) electrons. The molecule has 0 aliphatic heterocycles. The number of urea groups is 1. The third kappa shape index (κ3) is 6.16. The highest BCUT2D eigenvalue weighted by atomic mass is 19.1. The lowest BCUT2D eigenvalue weighted by molar-refractivity contribution is -0.148. The van der Waals surface area contributed by atoms with E-state index in [0.717, 1.165) is 5.56 Å². The number of imide groups is 1. The van der Waals surface area contributed by atoms with E-state index >= 15 is 0 Å². The Balaban J connectivity index is 2.26. The lowest BCUT2D eigenvalue weighted by Crippen LogP contribution is -2.37. The summed E-state index contributed by atoms with van der Waals surface area (Å²) in [5, 5.41) is 1.76. The normalized spacial score (nSPS) is 9.74. The maximum Gasteiger partial charge on any atom is 0.318 e. The summed E-state index contributed by atoms with van der Waals surface area (Å²) in [7, 11) is 0. The maximum absolute atomic E-state index is 12.6. The molecule has 1 aromatic rings. The highest BCUT2D eigenvalue weighted by Gasteiger charge is 2.09. The Bertz CT molecular complexity index is 473. The number of hydrogen-bond acceptors (Lipinski definition) is 4. The van der Waals surface area contributed by atoms with Crippen molar-refractivity contribution in [3.05, 3.63) is 35.6 Å². The van der Waals surface area contributed by atoms with Crippen LogP contribution in [0.25, 0.3) is 0 Å². The van der Waals surface area contributed by atoms with Crippen molar-refractivity contribution in [3.63, 3.8) is 0 Å². The Kier molecular flexibility index (Phi) is 5.46. The average molecular weight is 268 g/mol. The maximum atomic E-state index is 12.6. The quantitative estimate of drug-likeness (QED) is 0.759. The van der Waals surface area contributed by atoms with Crippen LogP contribution in [0.1, 0.15) is 12.0 Å². The van der Waals surface area contributed by atoms with E-state index in [4.69, 9.17) is 5.73 Å². The summed E-state index contributed by atoms with van der Waals surface area (Å²) in [5.41, 5.74) is 5.48. The number of carbonyl (C=O) groups excluding carboxylic acids is 3. The molecule has 19 heavy (non-hydrogen) atoms. The number of nitrogens with one attached hydrogen (secondary N) is 1. The first kappa shape index (κ1) is 14.6. The van der Waals surface area contributed by atoms with Crippen LogP contribution in [-0.2, 0) is 20.7 Å². The second kappa shape index (κ2) is 7.10. The Labute approximate surface area is 108 Å². The van der Waals surface area contributed by atoms with Gasteiger partial charge in [-0.15, -0.1) is 0 Å². The largest absolute Gasteiger partial charge is 0.456 e. The van der Waals surface area contributed by atoms with Crippen LogP contribution in [-0.4, -0.2) is 24.5 Å². The number of esters is 1. The second-order valence-electron chi connectivity index (χ2n) is 3.70. The van der Waals surface area contributed by atoms with Crippen molar-refractivity contribution in [2.24, 2.45) is 5.73 Å². The van der Waals surface area contributed by atoms with Gasteiger partial charge in [0.25, 0.3) is 5.91 Å². The number of ether oxygens (including phenoxy) is 1. The summed E-state index contributed by atoms with van der Waals surface area (Å²) in [5.74, 6) is -1.74. The Morgan fingerprint density at radius 1 is 1.21 bits per heavy atom. The number of hydrogen-bond donors (Lipinski definition) is 2. The summed E-state index contributed by atoms with van der Waals surface area (Å²) < 4.78 is 17.2. The molecule has 102 valence electrons. The van der Waals surface area contributed by atoms with Gasteiger partial charge in [0.15, 0.2) is 6.61 Å². The van der Waals surface area contributed by atoms with Gasteiger partial charge in [-0.25, -0.2) is 9.18 Å². The van der Waals surface area contributed by atoms with Gasteiger partial charge < -0.3 is 10.5 Å². The number of primary amides is 1. The van der Waals surface area contributed by atoms with Crippen molar-refractivity contribution >= 4 is 17.9 Å². The standard InChI is InChI=1S/C12H13FN2O4/c13-9-4-1-8(2-5-9)3-6-11(17)19-7-10(16)15-12(14)18/h1-2,4-5H,3,6-7H2,(H3,14,15,16,18). The predicted molar refractivity (Wildman–Crippen MR) is 63.4 cm³/mol. The fourth-order valence-electron chi connectivity index (χ4n) is 1.29. The van der Waals surface area contributed by atoms with Crippen molar-refractivity contribution in [1.82, 2.24) is 5.32 Å². The molecule has 1 aromatic carbocycles. The number of carbonyl (C=O) groups is 3. The molecule has 0 spiro atoms. The first-order chi connectivity index (χ1) is 8.97. The van der Waals surface area contributed by atoms with Crippen LogP contribution >= 0.6 is 0 Å². The van der Waals surface area contributed by atoms with E-state index in [-0.39, 0.29) is 12.2 Å². The Morgan fingerprint density at radius 2 is 1.84 bits per heavy atom. The lowest BCUT2D eigenvalue weighted by atomic mass is 10.1. The summed E-state index contributed by atoms with van der Waals surface area (Å²) >= 11 is 0. The van der Waals surface area contributed by atoms with E-state index in [9.17, 15) is 18.8 Å². The van der Waals surface area contributed by atoms with Crippen LogP contribution in [0.4, 0.5) is 9.18 Å². The van der Waals surface area contributed by atoms with Gasteiger partial charge in [-0.05, 0) is 24.1 Å². The van der Waals surface area contributed by atoms with Gasteiger partial charge >= 0.3 is 12.0 Å². The first-order valence-electron chi connectivity index (χ1n) is 5.46. The van der Waals surface area contributed by atoms with Crippen LogP contribution in [0.15, 0.2) is 24.3 Å². The first-order valence-corrected chi connectivity index (χ1v) is 5.46. The SMILES string of the molecule is NC(=O)NC(=O)COC(=O)CCc1ccc(F)cc1. The molecule has 1 rings (SSSR count). The monoisotopic (exact) mass is 268 g/mol. The number of halogens is 1. The van der Waals surface area contributed by atoms with Gasteiger partial charge in [-0.1, -0.05) is 12.1 Å². The molecule has 0 atom stereocenters. The van der Waals surface area contributed by atoms with Crippen molar-refractivity contribution in [2.45, 2.75) is 12.8 Å². The zero-order chi connectivity index (χ0) is 14.3. The molecule has 0 saturated carbocycles. The highest BCUT2D eigenvalue weighted by Crippen LogP contribution is 2.05. The zero-order valence-electron chi connectivity index (χ0n) is 10.0. The van der Waals surface area contributed by atoms with Crippen molar-refractivity contribution in [3.8, 4) is 0 Å². The van der Waals surface area contributed by atoms with E-state index in [1.54, 1.807) is 17.4 Å². The van der Waals surface area contributed by atoms with E-state index in [1.807, 2.05) is 0 Å². The summed E-state index contributed by atoms with van der Waals surface area (Å²) in [6.45, 7) is -0.564. The third-order valence-corrected chi connectivity index (χ3v) is 2.16. The summed E-state index contributed by atoms with van der Waals surface area (Å²) in [6, 6.07) is 4.69. The van der Waals surface area contributed by atoms with Crippen LogP contribution in [0, 0.1) is 5.82 Å². The van der Waals surface area contributed by atoms with E-state index in [1.165, 1.54) is 12.1 Å². The molecule has 0 fully saturated rings. The smallest absolute Gasteiger partial charge is 0.318 e. The molecule has 0 unspecified atom stereocenters. The van der Waals surface area contributed by atoms with E-state index in [0.29, 0.717) is 6.42 Å². The molecule has 3 amide bonds. The molecular weight excluding hydrogens is 255 g/mol. The molecular formula is C12H13FN2O4. The minimum atomic E-state index is -1.01.